The molecule has 1 aliphatic rings. The Balaban J connectivity index is 1.83. The highest BCUT2D eigenvalue weighted by Crippen LogP contribution is 2.33. The molecule has 0 radical (unpaired) electrons. The van der Waals surface area contributed by atoms with Gasteiger partial charge in [-0.1, -0.05) is 130 Å². The molecule has 0 aromatic carbocycles. The molecule has 7 heteroatoms. The van der Waals surface area contributed by atoms with Crippen molar-refractivity contribution in [3.05, 3.63) is 11.8 Å². The number of hydrogen-bond donors (Lipinski definition) is 0. The molecule has 0 fully saturated rings. The molecule has 41 heavy (non-hydrogen) atoms. The highest BCUT2D eigenvalue weighted by molar-refractivity contribution is 6.99. The maximum absolute atomic E-state index is 12.7. The molecule has 2 unspecified atom stereocenters. The van der Waals surface area contributed by atoms with Crippen molar-refractivity contribution in [3.8, 4) is 5.88 Å². The van der Waals surface area contributed by atoms with E-state index in [9.17, 15) is 4.79 Å². The minimum Gasteiger partial charge on any atom is -0.475 e. The molecule has 0 spiro atoms. The molecular formula is C34H62N3O3S+. The van der Waals surface area contributed by atoms with Crippen molar-refractivity contribution in [2.45, 2.75) is 156 Å². The van der Waals surface area contributed by atoms with E-state index in [2.05, 4.69) is 35.7 Å². The van der Waals surface area contributed by atoms with Crippen LogP contribution in [0.5, 0.6) is 5.88 Å². The van der Waals surface area contributed by atoms with Crippen LogP contribution in [0, 0.1) is 5.92 Å². The van der Waals surface area contributed by atoms with Crippen LogP contribution in [-0.2, 0) is 9.53 Å². The van der Waals surface area contributed by atoms with Crippen molar-refractivity contribution in [1.29, 1.82) is 0 Å². The Morgan fingerprint density at radius 3 is 2.00 bits per heavy atom. The van der Waals surface area contributed by atoms with Crippen molar-refractivity contribution in [2.24, 2.45) is 5.92 Å². The first-order chi connectivity index (χ1) is 19.9. The first-order valence-corrected chi connectivity index (χ1v) is 17.8. The molecule has 6 nitrogen and oxygen atoms in total. The number of quaternary nitrogens is 1. The van der Waals surface area contributed by atoms with Crippen LogP contribution >= 0.6 is 11.7 Å². The normalized spacial score (nSPS) is 18.0. The van der Waals surface area contributed by atoms with Gasteiger partial charge in [0.1, 0.15) is 12.2 Å². The van der Waals surface area contributed by atoms with Gasteiger partial charge in [-0.15, -0.1) is 4.37 Å². The standard InChI is InChI=1S/C34H62N3O3S/c1-6-8-10-12-13-14-15-16-17-18-19-20-21-25-31(40-34(38)29(3)4)37(5)26-23-24-30(28-37)32-33(36-41-35-32)39-27-22-11-9-7-2/h24,29,31H,6-23,25-28H2,1-5H3/q+1. The zero-order chi connectivity index (χ0) is 29.8. The number of ether oxygens (including phenoxy) is 2. The van der Waals surface area contributed by atoms with E-state index < -0.39 is 0 Å². The minimum absolute atomic E-state index is 0.0911. The van der Waals surface area contributed by atoms with Crippen molar-refractivity contribution >= 4 is 23.3 Å². The van der Waals surface area contributed by atoms with Gasteiger partial charge in [0.25, 0.3) is 5.88 Å². The zero-order valence-electron chi connectivity index (χ0n) is 27.3. The second-order valence-corrected chi connectivity index (χ2v) is 13.3. The number of aromatic nitrogens is 2. The predicted molar refractivity (Wildman–Crippen MR) is 173 cm³/mol. The molecule has 0 amide bonds. The fourth-order valence-corrected chi connectivity index (χ4v) is 6.29. The van der Waals surface area contributed by atoms with Crippen LogP contribution in [0.15, 0.2) is 6.08 Å². The number of likely N-dealkylation sites (N-methyl/N-ethyl adjacent to an activating group) is 1. The Bertz CT molecular complexity index is 856. The van der Waals surface area contributed by atoms with Crippen molar-refractivity contribution in [1.82, 2.24) is 8.75 Å². The van der Waals surface area contributed by atoms with E-state index in [1.807, 2.05) is 13.8 Å². The van der Waals surface area contributed by atoms with Gasteiger partial charge in [0.05, 0.1) is 37.8 Å². The van der Waals surface area contributed by atoms with Gasteiger partial charge in [-0.3, -0.25) is 9.28 Å². The third kappa shape index (κ3) is 14.0. The van der Waals surface area contributed by atoms with E-state index >= 15 is 0 Å². The SMILES string of the molecule is CCCCCCCCCCCCCCCC(OC(=O)C(C)C)[N+]1(C)CCC=C(c2nsnc2OCCCCCC)C1. The first kappa shape index (κ1) is 35.7. The monoisotopic (exact) mass is 592 g/mol. The fraction of sp³-hybridized carbons (Fsp3) is 0.853. The van der Waals surface area contributed by atoms with E-state index in [1.165, 1.54) is 114 Å². The van der Waals surface area contributed by atoms with Gasteiger partial charge in [-0.05, 0) is 12.8 Å². The van der Waals surface area contributed by atoms with Crippen LogP contribution in [0.1, 0.15) is 155 Å². The number of nitrogens with zero attached hydrogens (tertiary/aromatic N) is 3. The Hall–Kier alpha value is -1.47. The summed E-state index contributed by atoms with van der Waals surface area (Å²) in [4.78, 5) is 12.7. The minimum atomic E-state index is -0.133. The van der Waals surface area contributed by atoms with Crippen molar-refractivity contribution in [2.75, 3.05) is 26.7 Å². The Labute approximate surface area is 256 Å². The molecule has 2 heterocycles. The average molecular weight is 593 g/mol. The summed E-state index contributed by atoms with van der Waals surface area (Å²) in [7, 11) is 2.25. The third-order valence-corrected chi connectivity index (χ3v) is 9.05. The van der Waals surface area contributed by atoms with Crippen molar-refractivity contribution < 1.29 is 18.8 Å². The number of hydrogen-bond acceptors (Lipinski definition) is 6. The summed E-state index contributed by atoms with van der Waals surface area (Å²) in [5, 5.41) is 0. The van der Waals surface area contributed by atoms with Gasteiger partial charge in [0.15, 0.2) is 0 Å². The summed E-state index contributed by atoms with van der Waals surface area (Å²) in [5.74, 6) is 0.455. The van der Waals surface area contributed by atoms with E-state index in [4.69, 9.17) is 9.47 Å². The average Bonchev–Trinajstić information content (AvgIpc) is 3.43. The lowest BCUT2D eigenvalue weighted by atomic mass is 10.0. The topological polar surface area (TPSA) is 61.3 Å². The Morgan fingerprint density at radius 1 is 0.854 bits per heavy atom. The Morgan fingerprint density at radius 2 is 1.41 bits per heavy atom. The fourth-order valence-electron chi connectivity index (χ4n) is 5.76. The molecule has 0 saturated carbocycles. The summed E-state index contributed by atoms with van der Waals surface area (Å²) in [6.45, 7) is 10.8. The van der Waals surface area contributed by atoms with E-state index in [-0.39, 0.29) is 18.1 Å². The molecule has 2 rings (SSSR count). The van der Waals surface area contributed by atoms with E-state index in [0.717, 1.165) is 44.5 Å². The molecule has 0 N–H and O–H groups in total. The van der Waals surface area contributed by atoms with Crippen LogP contribution in [0.3, 0.4) is 0 Å². The second-order valence-electron chi connectivity index (χ2n) is 12.8. The van der Waals surface area contributed by atoms with Crippen LogP contribution in [0.4, 0.5) is 0 Å². The van der Waals surface area contributed by atoms with Crippen LogP contribution in [-0.4, -0.2) is 52.2 Å². The first-order valence-electron chi connectivity index (χ1n) is 17.1. The van der Waals surface area contributed by atoms with Gasteiger partial charge >= 0.3 is 5.97 Å². The lowest BCUT2D eigenvalue weighted by Crippen LogP contribution is -2.56. The van der Waals surface area contributed by atoms with Gasteiger partial charge in [0.2, 0.25) is 6.23 Å². The predicted octanol–water partition coefficient (Wildman–Crippen LogP) is 9.74. The van der Waals surface area contributed by atoms with Crippen LogP contribution < -0.4 is 4.74 Å². The van der Waals surface area contributed by atoms with Crippen LogP contribution in [0.2, 0.25) is 0 Å². The van der Waals surface area contributed by atoms with Gasteiger partial charge in [-0.25, -0.2) is 0 Å². The molecule has 0 saturated heterocycles. The quantitative estimate of drug-likeness (QED) is 0.0679. The lowest BCUT2D eigenvalue weighted by molar-refractivity contribution is -0.947. The number of rotatable bonds is 24. The molecule has 0 bridgehead atoms. The lowest BCUT2D eigenvalue weighted by Gasteiger charge is -2.43. The Kier molecular flexibility index (Phi) is 18.5. The molecule has 1 aliphatic heterocycles. The van der Waals surface area contributed by atoms with Crippen LogP contribution in [0.25, 0.3) is 5.57 Å². The number of carbonyl (C=O) groups excluding carboxylic acids is 1. The van der Waals surface area contributed by atoms with E-state index in [1.54, 1.807) is 0 Å². The molecule has 1 aromatic rings. The zero-order valence-corrected chi connectivity index (χ0v) is 28.1. The second kappa shape index (κ2) is 21.3. The van der Waals surface area contributed by atoms with Gasteiger partial charge < -0.3 is 9.47 Å². The van der Waals surface area contributed by atoms with E-state index in [0.29, 0.717) is 17.0 Å². The smallest absolute Gasteiger partial charge is 0.312 e. The molecule has 2 atom stereocenters. The highest BCUT2D eigenvalue weighted by atomic mass is 32.1. The summed E-state index contributed by atoms with van der Waals surface area (Å²) in [6.07, 6.45) is 26.1. The summed E-state index contributed by atoms with van der Waals surface area (Å²) < 4.78 is 22.1. The summed E-state index contributed by atoms with van der Waals surface area (Å²) >= 11 is 1.22. The number of carbonyl (C=O) groups is 1. The molecule has 1 aromatic heterocycles. The third-order valence-electron chi connectivity index (χ3n) is 8.53. The molecular weight excluding hydrogens is 530 g/mol. The van der Waals surface area contributed by atoms with Gasteiger partial charge in [-0.2, -0.15) is 4.37 Å². The highest BCUT2D eigenvalue weighted by Gasteiger charge is 2.39. The number of esters is 1. The largest absolute Gasteiger partial charge is 0.475 e. The number of unbranched alkanes of at least 4 members (excludes halogenated alkanes) is 15. The maximum Gasteiger partial charge on any atom is 0.312 e. The van der Waals surface area contributed by atoms with Gasteiger partial charge in [0, 0.05) is 18.4 Å². The maximum atomic E-state index is 12.7. The summed E-state index contributed by atoms with van der Waals surface area (Å²) in [5.41, 5.74) is 2.05. The van der Waals surface area contributed by atoms with Crippen molar-refractivity contribution in [3.63, 3.8) is 0 Å². The molecule has 236 valence electrons. The summed E-state index contributed by atoms with van der Waals surface area (Å²) in [6, 6.07) is 0. The molecule has 0 aliphatic carbocycles.